The van der Waals surface area contributed by atoms with E-state index >= 15 is 0 Å². The molecule has 1 aliphatic heterocycles. The molecule has 2 fully saturated rings. The molecule has 5 nitrogen and oxygen atoms in total. The number of aliphatic hydroxyl groups is 1. The van der Waals surface area contributed by atoms with Crippen LogP contribution in [0.1, 0.15) is 43.7 Å². The van der Waals surface area contributed by atoms with Crippen LogP contribution in [-0.2, 0) is 22.6 Å². The molecule has 0 spiro atoms. The molecule has 0 aromatic heterocycles. The fraction of sp³-hybridized carbons (Fsp3) is 0.632. The second kappa shape index (κ2) is 7.64. The number of hydrogen-bond donors (Lipinski definition) is 2. The van der Waals surface area contributed by atoms with Gasteiger partial charge in [0.1, 0.15) is 5.60 Å². The normalized spacial score (nSPS) is 24.0. The molecular weight excluding hydrogens is 304 g/mol. The highest BCUT2D eigenvalue weighted by Crippen LogP contribution is 2.29. The first-order valence-electron chi connectivity index (χ1n) is 8.98. The molecule has 1 amide bonds. The predicted molar refractivity (Wildman–Crippen MR) is 92.4 cm³/mol. The molecular formula is C19H28N2O3. The van der Waals surface area contributed by atoms with Gasteiger partial charge in [0.2, 0.25) is 0 Å². The molecule has 1 atom stereocenters. The molecule has 132 valence electrons. The van der Waals surface area contributed by atoms with Crippen molar-refractivity contribution >= 4 is 5.91 Å². The highest BCUT2D eigenvalue weighted by atomic mass is 16.5. The summed E-state index contributed by atoms with van der Waals surface area (Å²) in [5.74, 6) is -0.229. The average Bonchev–Trinajstić information content (AvgIpc) is 3.01. The molecule has 0 bridgehead atoms. The number of nitrogens with zero attached hydrogens (tertiary/aromatic N) is 1. The molecule has 1 aromatic carbocycles. The van der Waals surface area contributed by atoms with E-state index in [9.17, 15) is 9.90 Å². The number of rotatable bonds is 5. The van der Waals surface area contributed by atoms with Crippen LogP contribution < -0.4 is 5.32 Å². The summed E-state index contributed by atoms with van der Waals surface area (Å²) in [4.78, 5) is 14.6. The van der Waals surface area contributed by atoms with Crippen molar-refractivity contribution in [3.63, 3.8) is 0 Å². The number of amides is 1. The lowest BCUT2D eigenvalue weighted by Crippen LogP contribution is -2.44. The van der Waals surface area contributed by atoms with Gasteiger partial charge in [0.05, 0.1) is 12.7 Å². The Kier molecular flexibility index (Phi) is 5.54. The van der Waals surface area contributed by atoms with E-state index in [4.69, 9.17) is 4.74 Å². The second-order valence-electron chi connectivity index (χ2n) is 7.16. The smallest absolute Gasteiger partial charge is 0.252 e. The van der Waals surface area contributed by atoms with E-state index in [0.717, 1.165) is 44.6 Å². The summed E-state index contributed by atoms with van der Waals surface area (Å²) in [6.07, 6.45) is 3.30. The van der Waals surface area contributed by atoms with Gasteiger partial charge in [-0.2, -0.15) is 0 Å². The molecule has 0 radical (unpaired) electrons. The summed E-state index contributed by atoms with van der Waals surface area (Å²) < 4.78 is 5.58. The first kappa shape index (κ1) is 17.4. The summed E-state index contributed by atoms with van der Waals surface area (Å²) in [5.41, 5.74) is 1.17. The van der Waals surface area contributed by atoms with Crippen molar-refractivity contribution in [3.05, 3.63) is 35.4 Å². The quantitative estimate of drug-likeness (QED) is 0.863. The third kappa shape index (κ3) is 4.35. The molecule has 3 rings (SSSR count). The molecule has 5 heteroatoms. The molecule has 1 aliphatic carbocycles. The van der Waals surface area contributed by atoms with Crippen LogP contribution >= 0.6 is 0 Å². The van der Waals surface area contributed by atoms with E-state index in [1.165, 1.54) is 5.56 Å². The Labute approximate surface area is 144 Å². The number of hydrogen-bond acceptors (Lipinski definition) is 4. The van der Waals surface area contributed by atoms with Crippen LogP contribution in [0.25, 0.3) is 0 Å². The Morgan fingerprint density at radius 1 is 1.38 bits per heavy atom. The summed E-state index contributed by atoms with van der Waals surface area (Å²) in [5, 5.41) is 13.2. The molecule has 2 aliphatic rings. The van der Waals surface area contributed by atoms with Crippen LogP contribution in [-0.4, -0.2) is 47.3 Å². The first-order valence-corrected chi connectivity index (χ1v) is 8.98. The summed E-state index contributed by atoms with van der Waals surface area (Å²) >= 11 is 0. The molecule has 1 saturated heterocycles. The van der Waals surface area contributed by atoms with Crippen molar-refractivity contribution in [3.8, 4) is 0 Å². The van der Waals surface area contributed by atoms with E-state index < -0.39 is 5.60 Å². The Morgan fingerprint density at radius 3 is 2.88 bits per heavy atom. The van der Waals surface area contributed by atoms with E-state index in [1.807, 2.05) is 12.1 Å². The van der Waals surface area contributed by atoms with Crippen LogP contribution in [0.2, 0.25) is 0 Å². The lowest BCUT2D eigenvalue weighted by molar-refractivity contribution is -0.139. The van der Waals surface area contributed by atoms with Crippen molar-refractivity contribution in [2.45, 2.75) is 57.4 Å². The standard InChI is InChI=1S/C19H28N2O3/c1-15-13-21(9-10-24-15)14-17-6-4-5-16(11-17)12-20-18(22)19(23)7-2-3-8-19/h4-6,11,15,23H,2-3,7-10,12-14H2,1H3,(H,20,22). The third-order valence-corrected chi connectivity index (χ3v) is 5.03. The number of carbonyl (C=O) groups is 1. The van der Waals surface area contributed by atoms with Crippen molar-refractivity contribution in [2.75, 3.05) is 19.7 Å². The lowest BCUT2D eigenvalue weighted by atomic mass is 10.0. The minimum absolute atomic E-state index is 0.229. The van der Waals surface area contributed by atoms with Gasteiger partial charge in [-0.15, -0.1) is 0 Å². The van der Waals surface area contributed by atoms with Crippen molar-refractivity contribution < 1.29 is 14.6 Å². The number of ether oxygens (including phenoxy) is 1. The van der Waals surface area contributed by atoms with E-state index in [0.29, 0.717) is 19.4 Å². The highest BCUT2D eigenvalue weighted by Gasteiger charge is 2.38. The number of carbonyl (C=O) groups excluding carboxylic acids is 1. The largest absolute Gasteiger partial charge is 0.380 e. The maximum absolute atomic E-state index is 12.2. The number of nitrogens with one attached hydrogen (secondary N) is 1. The van der Waals surface area contributed by atoms with Gasteiger partial charge in [0.15, 0.2) is 0 Å². The first-order chi connectivity index (χ1) is 11.5. The zero-order valence-electron chi connectivity index (χ0n) is 14.5. The van der Waals surface area contributed by atoms with E-state index in [-0.39, 0.29) is 12.0 Å². The lowest BCUT2D eigenvalue weighted by Gasteiger charge is -2.31. The van der Waals surface area contributed by atoms with Gasteiger partial charge in [-0.3, -0.25) is 9.69 Å². The minimum atomic E-state index is -1.15. The highest BCUT2D eigenvalue weighted by molar-refractivity contribution is 5.85. The fourth-order valence-corrected chi connectivity index (χ4v) is 3.66. The Hall–Kier alpha value is -1.43. The van der Waals surface area contributed by atoms with E-state index in [2.05, 4.69) is 29.3 Å². The zero-order chi connectivity index (χ0) is 17.0. The third-order valence-electron chi connectivity index (χ3n) is 5.03. The molecule has 24 heavy (non-hydrogen) atoms. The Morgan fingerprint density at radius 2 is 2.12 bits per heavy atom. The van der Waals surface area contributed by atoms with Gasteiger partial charge in [-0.25, -0.2) is 0 Å². The maximum atomic E-state index is 12.2. The Bertz CT molecular complexity index is 569. The monoisotopic (exact) mass is 332 g/mol. The van der Waals surface area contributed by atoms with Gasteiger partial charge in [-0.05, 0) is 43.7 Å². The van der Waals surface area contributed by atoms with E-state index in [1.54, 1.807) is 0 Å². The van der Waals surface area contributed by atoms with Gasteiger partial charge in [-0.1, -0.05) is 24.3 Å². The summed E-state index contributed by atoms with van der Waals surface area (Å²) in [6.45, 7) is 6.17. The fourth-order valence-electron chi connectivity index (χ4n) is 3.66. The van der Waals surface area contributed by atoms with Gasteiger partial charge >= 0.3 is 0 Å². The predicted octanol–water partition coefficient (Wildman–Crippen LogP) is 1.83. The molecule has 1 heterocycles. The zero-order valence-corrected chi connectivity index (χ0v) is 14.5. The van der Waals surface area contributed by atoms with Crippen LogP contribution in [0, 0.1) is 0 Å². The topological polar surface area (TPSA) is 61.8 Å². The van der Waals surface area contributed by atoms with Gasteiger partial charge in [0.25, 0.3) is 5.91 Å². The van der Waals surface area contributed by atoms with Crippen LogP contribution in [0.3, 0.4) is 0 Å². The summed E-state index contributed by atoms with van der Waals surface area (Å²) in [7, 11) is 0. The van der Waals surface area contributed by atoms with Crippen molar-refractivity contribution in [1.29, 1.82) is 0 Å². The van der Waals surface area contributed by atoms with Crippen molar-refractivity contribution in [2.24, 2.45) is 0 Å². The molecule has 1 aromatic rings. The van der Waals surface area contributed by atoms with Crippen LogP contribution in [0.4, 0.5) is 0 Å². The molecule has 1 saturated carbocycles. The van der Waals surface area contributed by atoms with Crippen molar-refractivity contribution in [1.82, 2.24) is 10.2 Å². The van der Waals surface area contributed by atoms with Gasteiger partial charge in [0, 0.05) is 26.2 Å². The SMILES string of the molecule is CC1CN(Cc2cccc(CNC(=O)C3(O)CCCC3)c2)CCO1. The van der Waals surface area contributed by atoms with Gasteiger partial charge < -0.3 is 15.2 Å². The molecule has 1 unspecified atom stereocenters. The van der Waals surface area contributed by atoms with Crippen LogP contribution in [0.15, 0.2) is 24.3 Å². The number of benzene rings is 1. The average molecular weight is 332 g/mol. The Balaban J connectivity index is 1.54. The number of morpholine rings is 1. The summed E-state index contributed by atoms with van der Waals surface area (Å²) in [6, 6.07) is 8.31. The van der Waals surface area contributed by atoms with Crippen LogP contribution in [0.5, 0.6) is 0 Å². The second-order valence-corrected chi connectivity index (χ2v) is 7.16. The maximum Gasteiger partial charge on any atom is 0.252 e. The molecule has 2 N–H and O–H groups in total. The minimum Gasteiger partial charge on any atom is -0.380 e.